The van der Waals surface area contributed by atoms with Crippen molar-refractivity contribution >= 4 is 6.21 Å². The van der Waals surface area contributed by atoms with Gasteiger partial charge >= 0.3 is 0 Å². The Morgan fingerprint density at radius 2 is 1.30 bits per heavy atom. The lowest BCUT2D eigenvalue weighted by Gasteiger charge is -1.64. The highest BCUT2D eigenvalue weighted by molar-refractivity contribution is 5.54. The average Bonchev–Trinajstić information content (AvgIpc) is 2.08. The van der Waals surface area contributed by atoms with Crippen molar-refractivity contribution in [2.45, 2.75) is 41.5 Å². The van der Waals surface area contributed by atoms with Crippen LogP contribution in [0.5, 0.6) is 0 Å². The van der Waals surface area contributed by atoms with Crippen LogP contribution in [0.25, 0.3) is 0 Å². The summed E-state index contributed by atoms with van der Waals surface area (Å²) in [5, 5.41) is 0. The van der Waals surface area contributed by atoms with Gasteiger partial charge in [-0.3, -0.25) is 4.99 Å². The Hall–Kier alpha value is -0.590. The Balaban J connectivity index is -0.000000105. The van der Waals surface area contributed by atoms with Crippen LogP contribution >= 0.6 is 0 Å². The molecule has 0 unspecified atom stereocenters. The lowest BCUT2D eigenvalue weighted by molar-refractivity contribution is 1.50. The summed E-state index contributed by atoms with van der Waals surface area (Å²) in [5.41, 5.74) is 0. The molecular weight excluding hydrogens is 122 g/mol. The predicted molar refractivity (Wildman–Crippen MR) is 51.7 cm³/mol. The van der Waals surface area contributed by atoms with E-state index in [1.807, 2.05) is 47.6 Å². The molecule has 0 atom stereocenters. The maximum atomic E-state index is 3.78. The fourth-order valence-corrected chi connectivity index (χ4v) is 0.172. The molecule has 0 aromatic rings. The molecule has 0 N–H and O–H groups in total. The first-order valence-corrected chi connectivity index (χ1v) is 4.00. The quantitative estimate of drug-likeness (QED) is 0.497. The minimum Gasteiger partial charge on any atom is -0.270 e. The van der Waals surface area contributed by atoms with E-state index < -0.39 is 0 Å². The molecule has 0 saturated carbocycles. The first kappa shape index (κ1) is 16.2. The smallest absolute Gasteiger partial charge is 0.0221 e. The first-order valence-electron chi connectivity index (χ1n) is 4.00. The van der Waals surface area contributed by atoms with Gasteiger partial charge in [-0.25, -0.2) is 0 Å². The molecule has 0 amide bonds. The van der Waals surface area contributed by atoms with Gasteiger partial charge in [-0.2, -0.15) is 0 Å². The highest BCUT2D eigenvalue weighted by Crippen LogP contribution is 1.67. The van der Waals surface area contributed by atoms with Crippen molar-refractivity contribution in [1.29, 1.82) is 0 Å². The maximum Gasteiger partial charge on any atom is 0.0221 e. The molecular formula is C9H21N. The van der Waals surface area contributed by atoms with Crippen molar-refractivity contribution in [2.24, 2.45) is 4.99 Å². The molecule has 0 saturated heterocycles. The van der Waals surface area contributed by atoms with Crippen LogP contribution in [-0.2, 0) is 0 Å². The molecule has 0 fully saturated rings. The minimum absolute atomic E-state index is 1.75. The zero-order valence-corrected chi connectivity index (χ0v) is 8.18. The standard InChI is InChI=1S/C5H9N.2C2H6/c1-3-5-6-4-2;2*1-2/h3-5H,1-2H3;2*1-2H3/b5-3-,6-4?;;. The molecule has 0 bridgehead atoms. The van der Waals surface area contributed by atoms with E-state index >= 15 is 0 Å². The zero-order valence-electron chi connectivity index (χ0n) is 8.18. The van der Waals surface area contributed by atoms with Crippen LogP contribution in [0.3, 0.4) is 0 Å². The number of rotatable bonds is 1. The van der Waals surface area contributed by atoms with E-state index in [9.17, 15) is 0 Å². The molecule has 1 heteroatoms. The van der Waals surface area contributed by atoms with Crippen LogP contribution < -0.4 is 0 Å². The summed E-state index contributed by atoms with van der Waals surface area (Å²) in [6.07, 6.45) is 5.39. The second kappa shape index (κ2) is 39.7. The molecule has 0 spiro atoms. The van der Waals surface area contributed by atoms with Gasteiger partial charge in [0.25, 0.3) is 0 Å². The van der Waals surface area contributed by atoms with Crippen LogP contribution in [0.2, 0.25) is 0 Å². The van der Waals surface area contributed by atoms with Gasteiger partial charge in [0.1, 0.15) is 0 Å². The van der Waals surface area contributed by atoms with Crippen molar-refractivity contribution in [1.82, 2.24) is 0 Å². The van der Waals surface area contributed by atoms with E-state index in [4.69, 9.17) is 0 Å². The van der Waals surface area contributed by atoms with E-state index in [0.29, 0.717) is 0 Å². The number of aliphatic imine (C=N–C) groups is 1. The first-order chi connectivity index (χ1) is 4.91. The SMILES string of the molecule is CC.CC.CC=N/C=C\C. The van der Waals surface area contributed by atoms with Crippen LogP contribution in [0.4, 0.5) is 0 Å². The highest BCUT2D eigenvalue weighted by Gasteiger charge is 1.48. The molecule has 1 nitrogen and oxygen atoms in total. The van der Waals surface area contributed by atoms with Gasteiger partial charge in [-0.15, -0.1) is 0 Å². The van der Waals surface area contributed by atoms with Crippen LogP contribution in [0.15, 0.2) is 17.3 Å². The molecule has 0 aromatic carbocycles. The monoisotopic (exact) mass is 143 g/mol. The molecule has 10 heavy (non-hydrogen) atoms. The number of nitrogens with zero attached hydrogens (tertiary/aromatic N) is 1. The second-order valence-electron chi connectivity index (χ2n) is 0.890. The van der Waals surface area contributed by atoms with Crippen molar-refractivity contribution in [3.8, 4) is 0 Å². The summed E-state index contributed by atoms with van der Waals surface area (Å²) in [4.78, 5) is 3.78. The largest absolute Gasteiger partial charge is 0.270 e. The van der Waals surface area contributed by atoms with Crippen LogP contribution in [0.1, 0.15) is 41.5 Å². The number of hydrogen-bond acceptors (Lipinski definition) is 1. The van der Waals surface area contributed by atoms with Crippen molar-refractivity contribution in [3.63, 3.8) is 0 Å². The van der Waals surface area contributed by atoms with E-state index in [1.165, 1.54) is 0 Å². The minimum atomic E-state index is 1.75. The molecule has 0 radical (unpaired) electrons. The van der Waals surface area contributed by atoms with Crippen molar-refractivity contribution in [3.05, 3.63) is 12.3 Å². The normalized spacial score (nSPS) is 8.20. The molecule has 62 valence electrons. The summed E-state index contributed by atoms with van der Waals surface area (Å²) >= 11 is 0. The van der Waals surface area contributed by atoms with E-state index in [-0.39, 0.29) is 0 Å². The summed E-state index contributed by atoms with van der Waals surface area (Å²) in [7, 11) is 0. The van der Waals surface area contributed by atoms with Crippen LogP contribution in [0, 0.1) is 0 Å². The van der Waals surface area contributed by atoms with E-state index in [2.05, 4.69) is 4.99 Å². The van der Waals surface area contributed by atoms with Crippen LogP contribution in [-0.4, -0.2) is 6.21 Å². The third kappa shape index (κ3) is 52.4. The lowest BCUT2D eigenvalue weighted by atomic mass is 10.7. The Morgan fingerprint density at radius 3 is 1.40 bits per heavy atom. The number of hydrogen-bond donors (Lipinski definition) is 0. The highest BCUT2D eigenvalue weighted by atomic mass is 14.6. The molecule has 0 heterocycles. The van der Waals surface area contributed by atoms with Crippen molar-refractivity contribution in [2.75, 3.05) is 0 Å². The third-order valence-corrected chi connectivity index (χ3v) is 0.384. The fourth-order valence-electron chi connectivity index (χ4n) is 0.172. The van der Waals surface area contributed by atoms with Gasteiger partial charge in [0, 0.05) is 12.4 Å². The summed E-state index contributed by atoms with van der Waals surface area (Å²) in [6.45, 7) is 11.8. The zero-order chi connectivity index (χ0) is 8.83. The Kier molecular flexibility index (Phi) is 64.3. The maximum absolute atomic E-state index is 3.78. The third-order valence-electron chi connectivity index (χ3n) is 0.384. The van der Waals surface area contributed by atoms with Gasteiger partial charge in [0.05, 0.1) is 0 Å². The van der Waals surface area contributed by atoms with Gasteiger partial charge in [-0.05, 0) is 13.8 Å². The van der Waals surface area contributed by atoms with Crippen molar-refractivity contribution < 1.29 is 0 Å². The average molecular weight is 143 g/mol. The fraction of sp³-hybridized carbons (Fsp3) is 0.667. The van der Waals surface area contributed by atoms with Gasteiger partial charge < -0.3 is 0 Å². The summed E-state index contributed by atoms with van der Waals surface area (Å²) < 4.78 is 0. The molecule has 0 aliphatic carbocycles. The Morgan fingerprint density at radius 1 is 0.900 bits per heavy atom. The second-order valence-corrected chi connectivity index (χ2v) is 0.890. The summed E-state index contributed by atoms with van der Waals surface area (Å²) in [6, 6.07) is 0. The molecule has 0 aliphatic rings. The Labute approximate surface area is 65.9 Å². The lowest BCUT2D eigenvalue weighted by Crippen LogP contribution is -1.49. The number of allylic oxidation sites excluding steroid dienone is 1. The van der Waals surface area contributed by atoms with Gasteiger partial charge in [0.15, 0.2) is 0 Å². The van der Waals surface area contributed by atoms with Gasteiger partial charge in [-0.1, -0.05) is 33.8 Å². The molecule has 0 rings (SSSR count). The topological polar surface area (TPSA) is 12.4 Å². The molecule has 0 aromatic heterocycles. The van der Waals surface area contributed by atoms with E-state index in [1.54, 1.807) is 12.4 Å². The Bertz CT molecular complexity index is 53.1. The van der Waals surface area contributed by atoms with E-state index in [0.717, 1.165) is 0 Å². The van der Waals surface area contributed by atoms with Gasteiger partial charge in [0.2, 0.25) is 0 Å². The predicted octanol–water partition coefficient (Wildman–Crippen LogP) is 3.66. The summed E-state index contributed by atoms with van der Waals surface area (Å²) in [5.74, 6) is 0. The molecule has 0 aliphatic heterocycles.